The number of nitrogens with zero attached hydrogens (tertiary/aromatic N) is 1. The summed E-state index contributed by atoms with van der Waals surface area (Å²) in [6, 6.07) is 5.16. The van der Waals surface area contributed by atoms with E-state index in [1.54, 1.807) is 20.8 Å². The number of hydrogen-bond acceptors (Lipinski definition) is 3. The third-order valence-electron chi connectivity index (χ3n) is 4.84. The van der Waals surface area contributed by atoms with E-state index in [0.29, 0.717) is 24.9 Å². The number of carbonyl (C=O) groups excluding carboxylic acids is 1. The molecule has 1 aliphatic rings. The minimum atomic E-state index is -4.78. The number of benzene rings is 1. The number of aliphatic carboxylic acids is 1. The van der Waals surface area contributed by atoms with Gasteiger partial charge in [0.1, 0.15) is 5.75 Å². The van der Waals surface area contributed by atoms with Gasteiger partial charge in [0.15, 0.2) is 0 Å². The molecule has 1 N–H and O–H groups in total. The van der Waals surface area contributed by atoms with Gasteiger partial charge in [-0.1, -0.05) is 12.1 Å². The molecule has 1 saturated heterocycles. The second kappa shape index (κ2) is 6.81. The van der Waals surface area contributed by atoms with Crippen LogP contribution in [-0.4, -0.2) is 41.3 Å². The molecule has 0 aliphatic carbocycles. The number of ether oxygens (including phenoxy) is 1. The highest BCUT2D eigenvalue weighted by atomic mass is 19.4. The van der Waals surface area contributed by atoms with Gasteiger partial charge < -0.3 is 14.7 Å². The van der Waals surface area contributed by atoms with Crippen molar-refractivity contribution in [3.63, 3.8) is 0 Å². The normalized spacial score (nSPS) is 21.4. The molecule has 0 bridgehead atoms. The van der Waals surface area contributed by atoms with Crippen LogP contribution < -0.4 is 4.74 Å². The Labute approximate surface area is 149 Å². The Kier molecular flexibility index (Phi) is 5.26. The van der Waals surface area contributed by atoms with Crippen molar-refractivity contribution in [3.05, 3.63) is 29.8 Å². The minimum Gasteiger partial charge on any atom is -0.481 e. The summed E-state index contributed by atoms with van der Waals surface area (Å²) < 4.78 is 40.6. The van der Waals surface area contributed by atoms with Gasteiger partial charge in [-0.2, -0.15) is 0 Å². The lowest BCUT2D eigenvalue weighted by atomic mass is 9.78. The summed E-state index contributed by atoms with van der Waals surface area (Å²) in [5.74, 6) is -1.56. The number of rotatable bonds is 4. The monoisotopic (exact) mass is 373 g/mol. The predicted octanol–water partition coefficient (Wildman–Crippen LogP) is 3.58. The highest BCUT2D eigenvalue weighted by molar-refractivity contribution is 5.88. The Morgan fingerprint density at radius 1 is 1.19 bits per heavy atom. The molecule has 0 aromatic heterocycles. The van der Waals surface area contributed by atoms with E-state index in [0.717, 1.165) is 12.1 Å². The average molecular weight is 373 g/mol. The van der Waals surface area contributed by atoms with Crippen LogP contribution in [0, 0.1) is 5.41 Å². The zero-order valence-corrected chi connectivity index (χ0v) is 14.9. The van der Waals surface area contributed by atoms with E-state index in [-0.39, 0.29) is 18.2 Å². The number of alkyl halides is 3. The molecule has 0 saturated carbocycles. The van der Waals surface area contributed by atoms with Gasteiger partial charge in [0.05, 0.1) is 10.8 Å². The first-order valence-electron chi connectivity index (χ1n) is 8.24. The van der Waals surface area contributed by atoms with Crippen LogP contribution in [0.4, 0.5) is 13.2 Å². The van der Waals surface area contributed by atoms with Gasteiger partial charge in [-0.15, -0.1) is 13.2 Å². The fraction of sp³-hybridized carbons (Fsp3) is 0.556. The topological polar surface area (TPSA) is 66.8 Å². The van der Waals surface area contributed by atoms with E-state index >= 15 is 0 Å². The van der Waals surface area contributed by atoms with Crippen molar-refractivity contribution in [3.8, 4) is 5.75 Å². The zero-order valence-electron chi connectivity index (χ0n) is 14.9. The number of hydrogen-bond donors (Lipinski definition) is 1. The van der Waals surface area contributed by atoms with Crippen molar-refractivity contribution in [2.75, 3.05) is 13.1 Å². The minimum absolute atomic E-state index is 0.111. The number of amides is 1. The lowest BCUT2D eigenvalue weighted by Gasteiger charge is -2.41. The third-order valence-corrected chi connectivity index (χ3v) is 4.84. The van der Waals surface area contributed by atoms with Crippen molar-refractivity contribution in [1.82, 2.24) is 4.90 Å². The van der Waals surface area contributed by atoms with E-state index in [1.807, 2.05) is 0 Å². The molecule has 5 nitrogen and oxygen atoms in total. The Morgan fingerprint density at radius 2 is 1.77 bits per heavy atom. The van der Waals surface area contributed by atoms with Crippen LogP contribution in [-0.2, 0) is 15.0 Å². The molecule has 144 valence electrons. The van der Waals surface area contributed by atoms with Crippen LogP contribution >= 0.6 is 0 Å². The van der Waals surface area contributed by atoms with Gasteiger partial charge in [0.25, 0.3) is 0 Å². The van der Waals surface area contributed by atoms with Gasteiger partial charge >= 0.3 is 12.3 Å². The largest absolute Gasteiger partial charge is 0.573 e. The maximum Gasteiger partial charge on any atom is 0.573 e. The summed E-state index contributed by atoms with van der Waals surface area (Å²) in [4.78, 5) is 26.0. The van der Waals surface area contributed by atoms with E-state index in [4.69, 9.17) is 0 Å². The number of likely N-dealkylation sites (tertiary alicyclic amines) is 1. The summed E-state index contributed by atoms with van der Waals surface area (Å²) in [6.07, 6.45) is -3.69. The number of piperidine rings is 1. The summed E-state index contributed by atoms with van der Waals surface area (Å²) >= 11 is 0. The van der Waals surface area contributed by atoms with Gasteiger partial charge in [-0.3, -0.25) is 9.59 Å². The molecule has 1 unspecified atom stereocenters. The molecule has 1 heterocycles. The molecule has 0 spiro atoms. The van der Waals surface area contributed by atoms with Crippen molar-refractivity contribution in [2.24, 2.45) is 5.41 Å². The van der Waals surface area contributed by atoms with Crippen molar-refractivity contribution < 1.29 is 32.6 Å². The van der Waals surface area contributed by atoms with Gasteiger partial charge in [-0.25, -0.2) is 0 Å². The van der Waals surface area contributed by atoms with Crippen LogP contribution in [0.5, 0.6) is 5.75 Å². The fourth-order valence-corrected chi connectivity index (χ4v) is 3.18. The second-order valence-corrected chi connectivity index (χ2v) is 7.39. The highest BCUT2D eigenvalue weighted by Crippen LogP contribution is 2.34. The SMILES string of the molecule is CC1(C(=O)O)CCCN(C(=O)C(C)(C)c2ccc(OC(F)(F)F)cc2)C1. The molecule has 1 atom stereocenters. The lowest BCUT2D eigenvalue weighted by Crippen LogP contribution is -2.52. The Balaban J connectivity index is 2.18. The molecule has 1 aromatic carbocycles. The third kappa shape index (κ3) is 4.28. The van der Waals surface area contributed by atoms with Gasteiger partial charge in [-0.05, 0) is 51.3 Å². The Hall–Kier alpha value is -2.25. The van der Waals surface area contributed by atoms with Crippen LogP contribution in [0.2, 0.25) is 0 Å². The first-order chi connectivity index (χ1) is 11.8. The Morgan fingerprint density at radius 3 is 2.27 bits per heavy atom. The van der Waals surface area contributed by atoms with E-state index in [1.165, 1.54) is 17.0 Å². The molecule has 2 rings (SSSR count). The maximum atomic E-state index is 13.0. The fourth-order valence-electron chi connectivity index (χ4n) is 3.18. The van der Waals surface area contributed by atoms with Crippen molar-refractivity contribution >= 4 is 11.9 Å². The van der Waals surface area contributed by atoms with E-state index in [2.05, 4.69) is 4.74 Å². The van der Waals surface area contributed by atoms with Crippen LogP contribution in [0.15, 0.2) is 24.3 Å². The molecule has 1 amide bonds. The van der Waals surface area contributed by atoms with Gasteiger partial charge in [0.2, 0.25) is 5.91 Å². The molecule has 8 heteroatoms. The zero-order chi connectivity index (χ0) is 19.8. The maximum absolute atomic E-state index is 13.0. The first kappa shape index (κ1) is 20.1. The molecular formula is C18H22F3NO4. The second-order valence-electron chi connectivity index (χ2n) is 7.39. The number of carboxylic acid groups (broad SMARTS) is 1. The van der Waals surface area contributed by atoms with Gasteiger partial charge in [0, 0.05) is 13.1 Å². The van der Waals surface area contributed by atoms with Crippen molar-refractivity contribution in [1.29, 1.82) is 0 Å². The molecule has 0 radical (unpaired) electrons. The summed E-state index contributed by atoms with van der Waals surface area (Å²) in [5.41, 5.74) is -1.47. The first-order valence-corrected chi connectivity index (χ1v) is 8.24. The summed E-state index contributed by atoms with van der Waals surface area (Å²) in [7, 11) is 0. The highest BCUT2D eigenvalue weighted by Gasteiger charge is 2.43. The Bertz CT molecular complexity index is 685. The number of halogens is 3. The average Bonchev–Trinajstić information content (AvgIpc) is 2.53. The van der Waals surface area contributed by atoms with Crippen LogP contribution in [0.3, 0.4) is 0 Å². The van der Waals surface area contributed by atoms with Crippen molar-refractivity contribution in [2.45, 2.75) is 45.4 Å². The molecule has 1 aromatic rings. The summed E-state index contributed by atoms with van der Waals surface area (Å²) in [6.45, 7) is 5.52. The van der Waals surface area contributed by atoms with Crippen LogP contribution in [0.25, 0.3) is 0 Å². The van der Waals surface area contributed by atoms with Crippen LogP contribution in [0.1, 0.15) is 39.2 Å². The predicted molar refractivity (Wildman–Crippen MR) is 87.7 cm³/mol. The molecule has 1 aliphatic heterocycles. The molecular weight excluding hydrogens is 351 g/mol. The molecule has 26 heavy (non-hydrogen) atoms. The van der Waals surface area contributed by atoms with E-state index in [9.17, 15) is 27.9 Å². The summed E-state index contributed by atoms with van der Waals surface area (Å²) in [5, 5.41) is 9.40. The van der Waals surface area contributed by atoms with E-state index < -0.39 is 23.2 Å². The lowest BCUT2D eigenvalue weighted by molar-refractivity contribution is -0.274. The number of carboxylic acids is 1. The quantitative estimate of drug-likeness (QED) is 0.876. The number of carbonyl (C=O) groups is 2. The standard InChI is InChI=1S/C18H22F3NO4/c1-16(2,12-5-7-13(8-6-12)26-18(19,20)21)14(23)22-10-4-9-17(3,11-22)15(24)25/h5-8H,4,9-11H2,1-3H3,(H,24,25). The molecule has 1 fully saturated rings. The smallest absolute Gasteiger partial charge is 0.481 e.